The van der Waals surface area contributed by atoms with Gasteiger partial charge in [0.25, 0.3) is 5.91 Å². The molecule has 0 fully saturated rings. The molecular formula is C6H8N2O2S. The first kappa shape index (κ1) is 8.26. The number of nitrogens with zero attached hydrogens (tertiary/aromatic N) is 1. The van der Waals surface area contributed by atoms with Crippen molar-refractivity contribution >= 4 is 28.6 Å². The molecule has 1 aliphatic rings. The summed E-state index contributed by atoms with van der Waals surface area (Å²) in [6.07, 6.45) is 0. The van der Waals surface area contributed by atoms with Gasteiger partial charge in [-0.1, -0.05) is 11.8 Å². The molecule has 4 nitrogen and oxygen atoms in total. The summed E-state index contributed by atoms with van der Waals surface area (Å²) in [7, 11) is 1.67. The Morgan fingerprint density at radius 1 is 1.73 bits per heavy atom. The molecule has 1 amide bonds. The van der Waals surface area contributed by atoms with E-state index >= 15 is 0 Å². The maximum atomic E-state index is 10.9. The van der Waals surface area contributed by atoms with Crippen molar-refractivity contribution in [2.45, 2.75) is 12.2 Å². The second kappa shape index (κ2) is 3.04. The minimum atomic E-state index is -0.613. The zero-order valence-electron chi connectivity index (χ0n) is 6.25. The van der Waals surface area contributed by atoms with Gasteiger partial charge in [0.15, 0.2) is 16.2 Å². The van der Waals surface area contributed by atoms with Crippen LogP contribution in [0.1, 0.15) is 6.92 Å². The van der Waals surface area contributed by atoms with Crippen LogP contribution < -0.4 is 5.32 Å². The molecule has 1 heterocycles. The molecule has 1 aliphatic heterocycles. The fourth-order valence-electron chi connectivity index (χ4n) is 0.719. The number of ketones is 1. The van der Waals surface area contributed by atoms with E-state index in [4.69, 9.17) is 0 Å². The third-order valence-corrected chi connectivity index (χ3v) is 2.54. The van der Waals surface area contributed by atoms with Crippen LogP contribution in [0.4, 0.5) is 0 Å². The molecular weight excluding hydrogens is 164 g/mol. The Labute approximate surface area is 68.4 Å². The molecule has 1 N–H and O–H groups in total. The molecule has 1 unspecified atom stereocenters. The molecule has 0 saturated heterocycles. The molecule has 11 heavy (non-hydrogen) atoms. The van der Waals surface area contributed by atoms with Crippen LogP contribution in [0.5, 0.6) is 0 Å². The lowest BCUT2D eigenvalue weighted by molar-refractivity contribution is -0.124. The van der Waals surface area contributed by atoms with E-state index in [0.29, 0.717) is 5.17 Å². The molecule has 0 saturated carbocycles. The first-order valence-corrected chi connectivity index (χ1v) is 4.00. The molecule has 5 heteroatoms. The predicted molar refractivity (Wildman–Crippen MR) is 43.6 cm³/mol. The summed E-state index contributed by atoms with van der Waals surface area (Å²) in [5.41, 5.74) is 0. The SMILES string of the molecule is CNC1=NC(=O)C(C(C)=O)S1. The molecule has 0 aromatic carbocycles. The molecule has 0 aliphatic carbocycles. The van der Waals surface area contributed by atoms with Crippen LogP contribution in [0, 0.1) is 0 Å². The summed E-state index contributed by atoms with van der Waals surface area (Å²) < 4.78 is 0. The summed E-state index contributed by atoms with van der Waals surface area (Å²) >= 11 is 1.17. The Hall–Kier alpha value is -0.840. The standard InChI is InChI=1S/C6H8N2O2S/c1-3(9)4-5(10)8-6(7-2)11-4/h4H,1-2H3,(H,7,8,10). The first-order valence-electron chi connectivity index (χ1n) is 3.12. The first-order chi connectivity index (χ1) is 5.15. The zero-order valence-corrected chi connectivity index (χ0v) is 7.07. The largest absolute Gasteiger partial charge is 0.368 e. The predicted octanol–water partition coefficient (Wildman–Crippen LogP) is -0.207. The van der Waals surface area contributed by atoms with Crippen molar-refractivity contribution in [3.05, 3.63) is 0 Å². The van der Waals surface area contributed by atoms with Crippen molar-refractivity contribution in [3.8, 4) is 0 Å². The number of aliphatic imine (C=N–C) groups is 1. The normalized spacial score (nSPS) is 23.3. The van der Waals surface area contributed by atoms with Crippen molar-refractivity contribution in [1.29, 1.82) is 0 Å². The summed E-state index contributed by atoms with van der Waals surface area (Å²) in [4.78, 5) is 25.3. The highest BCUT2D eigenvalue weighted by molar-refractivity contribution is 8.16. The lowest BCUT2D eigenvalue weighted by atomic mass is 10.3. The van der Waals surface area contributed by atoms with Crippen LogP contribution in [-0.4, -0.2) is 29.2 Å². The zero-order chi connectivity index (χ0) is 8.43. The Morgan fingerprint density at radius 3 is 2.64 bits per heavy atom. The van der Waals surface area contributed by atoms with Gasteiger partial charge in [-0.05, 0) is 6.92 Å². The third-order valence-electron chi connectivity index (χ3n) is 1.25. The molecule has 0 aromatic heterocycles. The quantitative estimate of drug-likeness (QED) is 0.556. The fourth-order valence-corrected chi connectivity index (χ4v) is 1.52. The number of amides is 1. The molecule has 1 atom stereocenters. The maximum Gasteiger partial charge on any atom is 0.269 e. The van der Waals surface area contributed by atoms with Gasteiger partial charge in [0, 0.05) is 7.05 Å². The number of hydrogen-bond acceptors (Lipinski definition) is 4. The van der Waals surface area contributed by atoms with E-state index in [-0.39, 0.29) is 11.7 Å². The van der Waals surface area contributed by atoms with Gasteiger partial charge >= 0.3 is 0 Å². The van der Waals surface area contributed by atoms with Crippen LogP contribution in [0.3, 0.4) is 0 Å². The second-order valence-electron chi connectivity index (χ2n) is 2.11. The number of rotatable bonds is 1. The number of hydrogen-bond donors (Lipinski definition) is 1. The number of carbonyl (C=O) groups excluding carboxylic acids is 2. The van der Waals surface area contributed by atoms with Gasteiger partial charge < -0.3 is 5.32 Å². The Morgan fingerprint density at radius 2 is 2.36 bits per heavy atom. The van der Waals surface area contributed by atoms with Crippen molar-refractivity contribution < 1.29 is 9.59 Å². The van der Waals surface area contributed by atoms with Crippen LogP contribution in [0.2, 0.25) is 0 Å². The Balaban J connectivity index is 2.69. The molecule has 60 valence electrons. The Bertz CT molecular complexity index is 237. The average molecular weight is 172 g/mol. The summed E-state index contributed by atoms with van der Waals surface area (Å²) in [5.74, 6) is -0.499. The topological polar surface area (TPSA) is 58.5 Å². The van der Waals surface area contributed by atoms with E-state index in [1.54, 1.807) is 7.05 Å². The van der Waals surface area contributed by atoms with E-state index < -0.39 is 5.25 Å². The van der Waals surface area contributed by atoms with Crippen molar-refractivity contribution in [1.82, 2.24) is 5.32 Å². The van der Waals surface area contributed by atoms with Gasteiger partial charge in [-0.3, -0.25) is 9.59 Å². The number of carbonyl (C=O) groups is 2. The van der Waals surface area contributed by atoms with Crippen molar-refractivity contribution in [2.75, 3.05) is 7.05 Å². The highest BCUT2D eigenvalue weighted by Crippen LogP contribution is 2.21. The minimum absolute atomic E-state index is 0.144. The van der Waals surface area contributed by atoms with Gasteiger partial charge in [-0.2, -0.15) is 4.99 Å². The molecule has 0 radical (unpaired) electrons. The summed E-state index contributed by atoms with van der Waals surface area (Å²) in [6.45, 7) is 1.39. The van der Waals surface area contributed by atoms with Crippen LogP contribution in [0.15, 0.2) is 4.99 Å². The molecule has 0 spiro atoms. The van der Waals surface area contributed by atoms with Gasteiger partial charge in [-0.25, -0.2) is 0 Å². The highest BCUT2D eigenvalue weighted by Gasteiger charge is 2.31. The lowest BCUT2D eigenvalue weighted by Gasteiger charge is -1.99. The van der Waals surface area contributed by atoms with E-state index in [0.717, 1.165) is 0 Å². The van der Waals surface area contributed by atoms with Crippen LogP contribution in [-0.2, 0) is 9.59 Å². The van der Waals surface area contributed by atoms with E-state index in [9.17, 15) is 9.59 Å². The van der Waals surface area contributed by atoms with Gasteiger partial charge in [0.05, 0.1) is 0 Å². The fraction of sp³-hybridized carbons (Fsp3) is 0.500. The summed E-state index contributed by atoms with van der Waals surface area (Å²) in [6, 6.07) is 0. The molecule has 0 aromatic rings. The van der Waals surface area contributed by atoms with E-state index in [2.05, 4.69) is 10.3 Å². The van der Waals surface area contributed by atoms with E-state index in [1.165, 1.54) is 18.7 Å². The van der Waals surface area contributed by atoms with Crippen LogP contribution >= 0.6 is 11.8 Å². The third kappa shape index (κ3) is 1.59. The highest BCUT2D eigenvalue weighted by atomic mass is 32.2. The lowest BCUT2D eigenvalue weighted by Crippen LogP contribution is -2.20. The minimum Gasteiger partial charge on any atom is -0.368 e. The molecule has 1 rings (SSSR count). The second-order valence-corrected chi connectivity index (χ2v) is 3.21. The van der Waals surface area contributed by atoms with Gasteiger partial charge in [0.2, 0.25) is 0 Å². The summed E-state index contributed by atoms with van der Waals surface area (Å²) in [5, 5.41) is 2.63. The van der Waals surface area contributed by atoms with Crippen molar-refractivity contribution in [3.63, 3.8) is 0 Å². The smallest absolute Gasteiger partial charge is 0.269 e. The van der Waals surface area contributed by atoms with E-state index in [1.807, 2.05) is 0 Å². The van der Waals surface area contributed by atoms with Gasteiger partial charge in [-0.15, -0.1) is 0 Å². The monoisotopic (exact) mass is 172 g/mol. The molecule has 0 bridgehead atoms. The number of amidine groups is 1. The average Bonchev–Trinajstić information content (AvgIpc) is 2.30. The van der Waals surface area contributed by atoms with Crippen molar-refractivity contribution in [2.24, 2.45) is 4.99 Å². The maximum absolute atomic E-state index is 10.9. The van der Waals surface area contributed by atoms with Crippen LogP contribution in [0.25, 0.3) is 0 Å². The Kier molecular flexibility index (Phi) is 2.28. The number of thioether (sulfide) groups is 1. The van der Waals surface area contributed by atoms with Gasteiger partial charge in [0.1, 0.15) is 0 Å². The number of nitrogens with one attached hydrogen (secondary N) is 1. The number of Topliss-reactive ketones (excluding diaryl/α,β-unsaturated/α-hetero) is 1.